The first-order valence-corrected chi connectivity index (χ1v) is 9.02. The van der Waals surface area contributed by atoms with Crippen LogP contribution in [0.2, 0.25) is 0 Å². The minimum absolute atomic E-state index is 0.0310. The molecule has 0 aliphatic rings. The largest absolute Gasteiger partial charge is 0.326 e. The molecule has 3 amide bonds. The maximum absolute atomic E-state index is 13.6. The standard InChI is InChI=1S/C20H22F2N4O3/c1-3-26(12-20(29)25-18-9-4-14(21)10-17(18)22)11-19(28)24-16-7-5-15(6-8-16)23-13(2)27/h4-10H,3,11-12H2,1-2H3,(H,23,27)(H,24,28)(H,25,29)/p+1. The molecule has 1 unspecified atom stereocenters. The molecule has 0 radical (unpaired) electrons. The van der Waals surface area contributed by atoms with Crippen molar-refractivity contribution in [2.45, 2.75) is 13.8 Å². The Balaban J connectivity index is 1.87. The number of likely N-dealkylation sites (N-methyl/N-ethyl adjacent to an activating group) is 1. The molecule has 0 aliphatic heterocycles. The first-order valence-electron chi connectivity index (χ1n) is 9.02. The van der Waals surface area contributed by atoms with Gasteiger partial charge in [0, 0.05) is 24.4 Å². The second-order valence-corrected chi connectivity index (χ2v) is 6.44. The zero-order chi connectivity index (χ0) is 21.4. The fraction of sp³-hybridized carbons (Fsp3) is 0.250. The Morgan fingerprint density at radius 2 is 1.41 bits per heavy atom. The molecule has 4 N–H and O–H groups in total. The number of carbonyl (C=O) groups excluding carboxylic acids is 3. The topological polar surface area (TPSA) is 91.7 Å². The van der Waals surface area contributed by atoms with Crippen LogP contribution in [0.4, 0.5) is 25.8 Å². The maximum Gasteiger partial charge on any atom is 0.279 e. The van der Waals surface area contributed by atoms with Crippen LogP contribution in [0, 0.1) is 11.6 Å². The van der Waals surface area contributed by atoms with Gasteiger partial charge in [0.2, 0.25) is 5.91 Å². The van der Waals surface area contributed by atoms with E-state index in [1.54, 1.807) is 24.3 Å². The molecular weight excluding hydrogens is 382 g/mol. The third-order valence-corrected chi connectivity index (χ3v) is 4.02. The van der Waals surface area contributed by atoms with Gasteiger partial charge in [0.05, 0.1) is 12.2 Å². The van der Waals surface area contributed by atoms with E-state index in [-0.39, 0.29) is 30.6 Å². The summed E-state index contributed by atoms with van der Waals surface area (Å²) in [4.78, 5) is 36.0. The van der Waals surface area contributed by atoms with Crippen LogP contribution in [0.3, 0.4) is 0 Å². The van der Waals surface area contributed by atoms with Crippen LogP contribution in [0.25, 0.3) is 0 Å². The van der Waals surface area contributed by atoms with E-state index in [2.05, 4.69) is 16.0 Å². The van der Waals surface area contributed by atoms with Gasteiger partial charge in [-0.15, -0.1) is 0 Å². The second kappa shape index (κ2) is 10.3. The van der Waals surface area contributed by atoms with Gasteiger partial charge < -0.3 is 20.9 Å². The molecule has 0 fully saturated rings. The van der Waals surface area contributed by atoms with E-state index in [0.717, 1.165) is 12.1 Å². The number of anilines is 3. The molecular formula is C20H23F2N4O3+. The summed E-state index contributed by atoms with van der Waals surface area (Å²) < 4.78 is 26.6. The summed E-state index contributed by atoms with van der Waals surface area (Å²) in [6, 6.07) is 9.50. The summed E-state index contributed by atoms with van der Waals surface area (Å²) in [6.45, 7) is 3.69. The lowest BCUT2D eigenvalue weighted by Crippen LogP contribution is -3.13. The van der Waals surface area contributed by atoms with Gasteiger partial charge in [-0.2, -0.15) is 0 Å². The SMILES string of the molecule is CC[NH+](CC(=O)Nc1ccc(NC(C)=O)cc1)CC(=O)Nc1ccc(F)cc1F. The van der Waals surface area contributed by atoms with E-state index < -0.39 is 17.5 Å². The van der Waals surface area contributed by atoms with Crippen LogP contribution in [0.5, 0.6) is 0 Å². The second-order valence-electron chi connectivity index (χ2n) is 6.44. The monoisotopic (exact) mass is 405 g/mol. The van der Waals surface area contributed by atoms with Gasteiger partial charge in [-0.05, 0) is 43.3 Å². The summed E-state index contributed by atoms with van der Waals surface area (Å²) in [5.41, 5.74) is 1.05. The highest BCUT2D eigenvalue weighted by molar-refractivity contribution is 5.94. The smallest absolute Gasteiger partial charge is 0.279 e. The molecule has 0 bridgehead atoms. The molecule has 0 spiro atoms. The fourth-order valence-corrected chi connectivity index (χ4v) is 2.60. The van der Waals surface area contributed by atoms with E-state index in [1.165, 1.54) is 6.92 Å². The van der Waals surface area contributed by atoms with Crippen molar-refractivity contribution >= 4 is 34.8 Å². The van der Waals surface area contributed by atoms with Crippen molar-refractivity contribution in [1.82, 2.24) is 0 Å². The lowest BCUT2D eigenvalue weighted by atomic mass is 10.2. The summed E-state index contributed by atoms with van der Waals surface area (Å²) in [5.74, 6) is -2.57. The van der Waals surface area contributed by atoms with Crippen molar-refractivity contribution in [3.05, 3.63) is 54.1 Å². The van der Waals surface area contributed by atoms with Gasteiger partial charge in [0.25, 0.3) is 11.8 Å². The Bertz CT molecular complexity index is 888. The van der Waals surface area contributed by atoms with Crippen molar-refractivity contribution < 1.29 is 28.1 Å². The zero-order valence-corrected chi connectivity index (χ0v) is 16.1. The summed E-state index contributed by atoms with van der Waals surface area (Å²) in [7, 11) is 0. The van der Waals surface area contributed by atoms with Gasteiger partial charge in [-0.1, -0.05) is 0 Å². The Morgan fingerprint density at radius 3 is 1.93 bits per heavy atom. The molecule has 0 heterocycles. The van der Waals surface area contributed by atoms with E-state index in [1.807, 2.05) is 6.92 Å². The number of hydrogen-bond donors (Lipinski definition) is 4. The molecule has 0 aliphatic carbocycles. The van der Waals surface area contributed by atoms with E-state index in [9.17, 15) is 23.2 Å². The van der Waals surface area contributed by atoms with Crippen LogP contribution in [0.1, 0.15) is 13.8 Å². The predicted molar refractivity (Wildman–Crippen MR) is 106 cm³/mol. The molecule has 7 nitrogen and oxygen atoms in total. The fourth-order valence-electron chi connectivity index (χ4n) is 2.60. The van der Waals surface area contributed by atoms with Crippen LogP contribution in [0.15, 0.2) is 42.5 Å². The highest BCUT2D eigenvalue weighted by Crippen LogP contribution is 2.14. The highest BCUT2D eigenvalue weighted by Gasteiger charge is 2.18. The summed E-state index contributed by atoms with van der Waals surface area (Å²) in [5, 5.41) is 7.73. The number of rotatable bonds is 8. The third-order valence-electron chi connectivity index (χ3n) is 4.02. The third kappa shape index (κ3) is 7.30. The van der Waals surface area contributed by atoms with Gasteiger partial charge in [-0.3, -0.25) is 14.4 Å². The van der Waals surface area contributed by atoms with Gasteiger partial charge in [-0.25, -0.2) is 8.78 Å². The first kappa shape index (κ1) is 22.0. The molecule has 154 valence electrons. The van der Waals surface area contributed by atoms with Crippen molar-refractivity contribution in [3.63, 3.8) is 0 Å². The van der Waals surface area contributed by atoms with Crippen LogP contribution in [-0.4, -0.2) is 37.4 Å². The molecule has 2 rings (SSSR count). The number of amides is 3. The molecule has 0 saturated heterocycles. The predicted octanol–water partition coefficient (Wildman–Crippen LogP) is 1.41. The van der Waals surface area contributed by atoms with Gasteiger partial charge >= 0.3 is 0 Å². The minimum Gasteiger partial charge on any atom is -0.326 e. The lowest BCUT2D eigenvalue weighted by Gasteiger charge is -2.17. The van der Waals surface area contributed by atoms with E-state index >= 15 is 0 Å². The van der Waals surface area contributed by atoms with Gasteiger partial charge in [0.15, 0.2) is 13.1 Å². The maximum atomic E-state index is 13.6. The Morgan fingerprint density at radius 1 is 0.862 bits per heavy atom. The summed E-state index contributed by atoms with van der Waals surface area (Å²) >= 11 is 0. The summed E-state index contributed by atoms with van der Waals surface area (Å²) in [6.07, 6.45) is 0. The number of carbonyl (C=O) groups is 3. The zero-order valence-electron chi connectivity index (χ0n) is 16.1. The average molecular weight is 405 g/mol. The normalized spacial score (nSPS) is 11.4. The molecule has 9 heteroatoms. The molecule has 0 aromatic heterocycles. The van der Waals surface area contributed by atoms with Crippen molar-refractivity contribution in [2.24, 2.45) is 0 Å². The number of quaternary nitrogens is 1. The van der Waals surface area contributed by atoms with Crippen molar-refractivity contribution in [1.29, 1.82) is 0 Å². The van der Waals surface area contributed by atoms with Crippen molar-refractivity contribution in [2.75, 3.05) is 35.6 Å². The number of hydrogen-bond acceptors (Lipinski definition) is 3. The lowest BCUT2D eigenvalue weighted by molar-refractivity contribution is -0.881. The number of nitrogens with one attached hydrogen (secondary N) is 4. The Hall–Kier alpha value is -3.33. The van der Waals surface area contributed by atoms with E-state index in [0.29, 0.717) is 28.9 Å². The van der Waals surface area contributed by atoms with Gasteiger partial charge in [0.1, 0.15) is 11.6 Å². The number of benzene rings is 2. The minimum atomic E-state index is -0.864. The molecule has 1 atom stereocenters. The van der Waals surface area contributed by atoms with Crippen LogP contribution in [-0.2, 0) is 14.4 Å². The van der Waals surface area contributed by atoms with E-state index in [4.69, 9.17) is 0 Å². The first-order chi connectivity index (χ1) is 13.8. The highest BCUT2D eigenvalue weighted by atomic mass is 19.1. The molecule has 29 heavy (non-hydrogen) atoms. The Kier molecular flexibility index (Phi) is 7.79. The van der Waals surface area contributed by atoms with Crippen LogP contribution >= 0.6 is 0 Å². The molecule has 0 saturated carbocycles. The van der Waals surface area contributed by atoms with Crippen molar-refractivity contribution in [3.8, 4) is 0 Å². The number of halogens is 2. The molecule has 2 aromatic carbocycles. The average Bonchev–Trinajstić information content (AvgIpc) is 2.64. The molecule has 2 aromatic rings. The van der Waals surface area contributed by atoms with Crippen LogP contribution < -0.4 is 20.9 Å². The quantitative estimate of drug-likeness (QED) is 0.535. The Labute approximate surface area is 167 Å².